The normalized spacial score (nSPS) is 12.4. The van der Waals surface area contributed by atoms with Crippen molar-refractivity contribution in [3.05, 3.63) is 34.6 Å². The monoisotopic (exact) mass is 340 g/mol. The van der Waals surface area contributed by atoms with Crippen LogP contribution in [0.3, 0.4) is 0 Å². The summed E-state index contributed by atoms with van der Waals surface area (Å²) in [4.78, 5) is 17.0. The third-order valence-corrected chi connectivity index (χ3v) is 3.68. The number of fused-ring (bicyclic) bond motifs is 1. The lowest BCUT2D eigenvalue weighted by Crippen LogP contribution is -2.28. The van der Waals surface area contributed by atoms with Crippen molar-refractivity contribution in [1.82, 2.24) is 4.98 Å². The van der Waals surface area contributed by atoms with Gasteiger partial charge in [0.2, 0.25) is 0 Å². The average Bonchev–Trinajstić information content (AvgIpc) is 2.39. The van der Waals surface area contributed by atoms with Gasteiger partial charge < -0.3 is 10.0 Å². The Kier molecular flexibility index (Phi) is 4.23. The van der Waals surface area contributed by atoms with Crippen molar-refractivity contribution in [1.29, 1.82) is 0 Å². The molecule has 0 radical (unpaired) electrons. The topological polar surface area (TPSA) is 53.4 Å². The third kappa shape index (κ3) is 3.07. The molecule has 1 aromatic carbocycles. The van der Waals surface area contributed by atoms with Crippen LogP contribution in [0, 0.1) is 11.7 Å². The van der Waals surface area contributed by atoms with Crippen molar-refractivity contribution in [2.75, 3.05) is 18.5 Å². The van der Waals surface area contributed by atoms with Gasteiger partial charge in [-0.15, -0.1) is 0 Å². The Morgan fingerprint density at radius 3 is 2.85 bits per heavy atom. The van der Waals surface area contributed by atoms with Crippen LogP contribution >= 0.6 is 15.9 Å². The molecule has 0 aliphatic heterocycles. The predicted octanol–water partition coefficient (Wildman–Crippen LogP) is 3.29. The first-order valence-electron chi connectivity index (χ1n) is 6.08. The molecule has 2 rings (SSSR count). The molecule has 6 heteroatoms. The highest BCUT2D eigenvalue weighted by atomic mass is 79.9. The molecule has 0 saturated heterocycles. The maximum Gasteiger partial charge on any atom is 0.308 e. The number of rotatable bonds is 4. The zero-order valence-corrected chi connectivity index (χ0v) is 12.7. The van der Waals surface area contributed by atoms with E-state index < -0.39 is 11.9 Å². The van der Waals surface area contributed by atoms with Gasteiger partial charge in [-0.3, -0.25) is 4.79 Å². The van der Waals surface area contributed by atoms with Gasteiger partial charge >= 0.3 is 5.97 Å². The van der Waals surface area contributed by atoms with E-state index >= 15 is 0 Å². The van der Waals surface area contributed by atoms with Crippen molar-refractivity contribution >= 4 is 38.6 Å². The molecular weight excluding hydrogens is 327 g/mol. The van der Waals surface area contributed by atoms with Gasteiger partial charge in [0.25, 0.3) is 0 Å². The molecule has 0 aliphatic rings. The number of pyridine rings is 1. The van der Waals surface area contributed by atoms with Crippen LogP contribution in [0.5, 0.6) is 0 Å². The van der Waals surface area contributed by atoms with Crippen molar-refractivity contribution in [3.8, 4) is 0 Å². The number of aromatic nitrogens is 1. The molecule has 1 heterocycles. The summed E-state index contributed by atoms with van der Waals surface area (Å²) < 4.78 is 13.9. The zero-order valence-electron chi connectivity index (χ0n) is 11.1. The fraction of sp³-hybridized carbons (Fsp3) is 0.286. The second-order valence-corrected chi connectivity index (χ2v) is 5.60. The lowest BCUT2D eigenvalue weighted by atomic mass is 10.1. The minimum absolute atomic E-state index is 0.340. The molecule has 1 aromatic heterocycles. The van der Waals surface area contributed by atoms with Gasteiger partial charge in [-0.1, -0.05) is 6.92 Å². The highest BCUT2D eigenvalue weighted by molar-refractivity contribution is 9.10. The van der Waals surface area contributed by atoms with E-state index in [1.165, 1.54) is 6.07 Å². The van der Waals surface area contributed by atoms with Crippen molar-refractivity contribution in [2.45, 2.75) is 6.92 Å². The summed E-state index contributed by atoms with van der Waals surface area (Å²) in [5.41, 5.74) is 0.540. The van der Waals surface area contributed by atoms with Crippen molar-refractivity contribution in [3.63, 3.8) is 0 Å². The average molecular weight is 341 g/mol. The summed E-state index contributed by atoms with van der Waals surface area (Å²) in [6, 6.07) is 6.66. The van der Waals surface area contributed by atoms with Crippen LogP contribution in [0.1, 0.15) is 6.92 Å². The summed E-state index contributed by atoms with van der Waals surface area (Å²) in [6.45, 7) is 1.98. The standard InChI is InChI=1S/C14H14BrFN2O2/c1-8(14(19)20)7-18(2)13-4-3-9-5-10(15)11(16)6-12(9)17-13/h3-6,8H,7H2,1-2H3,(H,19,20). The molecule has 0 spiro atoms. The number of anilines is 1. The molecule has 106 valence electrons. The van der Waals surface area contributed by atoms with E-state index in [4.69, 9.17) is 5.11 Å². The smallest absolute Gasteiger partial charge is 0.308 e. The molecule has 1 atom stereocenters. The zero-order chi connectivity index (χ0) is 14.9. The largest absolute Gasteiger partial charge is 0.481 e. The second kappa shape index (κ2) is 5.75. The molecule has 20 heavy (non-hydrogen) atoms. The SMILES string of the molecule is CC(CN(C)c1ccc2cc(Br)c(F)cc2n1)C(=O)O. The minimum Gasteiger partial charge on any atom is -0.481 e. The predicted molar refractivity (Wildman–Crippen MR) is 79.5 cm³/mol. The molecule has 1 N–H and O–H groups in total. The molecule has 4 nitrogen and oxygen atoms in total. The van der Waals surface area contributed by atoms with E-state index in [1.54, 1.807) is 31.0 Å². The summed E-state index contributed by atoms with van der Waals surface area (Å²) in [5.74, 6) is -1.11. The summed E-state index contributed by atoms with van der Waals surface area (Å²) in [6.07, 6.45) is 0. The third-order valence-electron chi connectivity index (χ3n) is 3.08. The molecular formula is C14H14BrFN2O2. The number of carboxylic acids is 1. The quantitative estimate of drug-likeness (QED) is 0.927. The summed E-state index contributed by atoms with van der Waals surface area (Å²) >= 11 is 3.13. The van der Waals surface area contributed by atoms with Crippen LogP contribution in [0.15, 0.2) is 28.7 Å². The number of benzene rings is 1. The maximum atomic E-state index is 13.5. The summed E-state index contributed by atoms with van der Waals surface area (Å²) in [7, 11) is 1.77. The Hall–Kier alpha value is -1.69. The second-order valence-electron chi connectivity index (χ2n) is 4.75. The highest BCUT2D eigenvalue weighted by Crippen LogP contribution is 2.24. The van der Waals surface area contributed by atoms with Gasteiger partial charge in [0, 0.05) is 25.0 Å². The molecule has 0 aliphatic carbocycles. The van der Waals surface area contributed by atoms with Crippen LogP contribution in [-0.2, 0) is 4.79 Å². The van der Waals surface area contributed by atoms with Crippen LogP contribution < -0.4 is 4.90 Å². The molecule has 0 amide bonds. The van der Waals surface area contributed by atoms with E-state index in [1.807, 2.05) is 6.07 Å². The maximum absolute atomic E-state index is 13.5. The minimum atomic E-state index is -0.854. The van der Waals surface area contributed by atoms with Gasteiger partial charge in [-0.05, 0) is 34.1 Å². The number of nitrogens with zero attached hydrogens (tertiary/aromatic N) is 2. The van der Waals surface area contributed by atoms with E-state index in [0.717, 1.165) is 5.39 Å². The number of carbonyl (C=O) groups is 1. The number of aliphatic carboxylic acids is 1. The highest BCUT2D eigenvalue weighted by Gasteiger charge is 2.15. The van der Waals surface area contributed by atoms with E-state index in [-0.39, 0.29) is 5.82 Å². The molecule has 1 unspecified atom stereocenters. The van der Waals surface area contributed by atoms with Gasteiger partial charge in [0.15, 0.2) is 0 Å². The van der Waals surface area contributed by atoms with Crippen LogP contribution in [0.4, 0.5) is 10.2 Å². The van der Waals surface area contributed by atoms with E-state index in [2.05, 4.69) is 20.9 Å². The van der Waals surface area contributed by atoms with Crippen LogP contribution in [0.25, 0.3) is 10.9 Å². The fourth-order valence-corrected chi connectivity index (χ4v) is 2.26. The van der Waals surface area contributed by atoms with Crippen molar-refractivity contribution in [2.24, 2.45) is 5.92 Å². The van der Waals surface area contributed by atoms with Gasteiger partial charge in [0.05, 0.1) is 15.9 Å². The van der Waals surface area contributed by atoms with Gasteiger partial charge in [0.1, 0.15) is 11.6 Å². The van der Waals surface area contributed by atoms with E-state index in [0.29, 0.717) is 22.4 Å². The number of halogens is 2. The van der Waals surface area contributed by atoms with Crippen LogP contribution in [-0.4, -0.2) is 29.7 Å². The van der Waals surface area contributed by atoms with Crippen LogP contribution in [0.2, 0.25) is 0 Å². The number of hydrogen-bond acceptors (Lipinski definition) is 3. The summed E-state index contributed by atoms with van der Waals surface area (Å²) in [5, 5.41) is 9.74. The molecule has 0 bridgehead atoms. The lowest BCUT2D eigenvalue weighted by Gasteiger charge is -2.20. The Morgan fingerprint density at radius 1 is 1.50 bits per heavy atom. The Bertz CT molecular complexity index is 663. The Balaban J connectivity index is 2.31. The van der Waals surface area contributed by atoms with Crippen molar-refractivity contribution < 1.29 is 14.3 Å². The first-order valence-corrected chi connectivity index (χ1v) is 6.87. The fourth-order valence-electron chi connectivity index (χ4n) is 1.90. The van der Waals surface area contributed by atoms with E-state index in [9.17, 15) is 9.18 Å². The first kappa shape index (κ1) is 14.7. The first-order chi connectivity index (χ1) is 9.38. The van der Waals surface area contributed by atoms with Gasteiger partial charge in [-0.25, -0.2) is 9.37 Å². The number of hydrogen-bond donors (Lipinski definition) is 1. The molecule has 2 aromatic rings. The Labute approximate surface area is 124 Å². The molecule has 0 fully saturated rings. The van der Waals surface area contributed by atoms with Gasteiger partial charge in [-0.2, -0.15) is 0 Å². The molecule has 0 saturated carbocycles. The lowest BCUT2D eigenvalue weighted by molar-refractivity contribution is -0.140. The Morgan fingerprint density at radius 2 is 2.20 bits per heavy atom. The number of carboxylic acid groups (broad SMARTS) is 1.